The van der Waals surface area contributed by atoms with Crippen molar-refractivity contribution in [3.8, 4) is 5.75 Å². The van der Waals surface area contributed by atoms with Crippen LogP contribution in [0.1, 0.15) is 38.7 Å². The van der Waals surface area contributed by atoms with Crippen LogP contribution in [0.5, 0.6) is 5.75 Å². The predicted octanol–water partition coefficient (Wildman–Crippen LogP) is 4.00. The van der Waals surface area contributed by atoms with E-state index in [1.54, 1.807) is 12.1 Å². The number of phenols is 1. The molecule has 18 heavy (non-hydrogen) atoms. The van der Waals surface area contributed by atoms with Crippen LogP contribution < -0.4 is 5.63 Å². The average Bonchev–Trinajstić information content (AvgIpc) is 3.18. The lowest BCUT2D eigenvalue weighted by Gasteiger charge is -1.99. The SMILES string of the molecule is C1CC1.CC.Cc1cc(=O)oc2cc(O)ccc12. The summed E-state index contributed by atoms with van der Waals surface area (Å²) in [5.41, 5.74) is 0.881. The number of fused-ring (bicyclic) bond motifs is 1. The molecule has 2 aromatic rings. The van der Waals surface area contributed by atoms with Crippen molar-refractivity contribution in [1.82, 2.24) is 0 Å². The van der Waals surface area contributed by atoms with Gasteiger partial charge in [-0.2, -0.15) is 0 Å². The molecule has 0 atom stereocenters. The van der Waals surface area contributed by atoms with Crippen LogP contribution in [0.3, 0.4) is 0 Å². The van der Waals surface area contributed by atoms with Crippen LogP contribution in [0.15, 0.2) is 33.5 Å². The van der Waals surface area contributed by atoms with E-state index in [-0.39, 0.29) is 5.75 Å². The van der Waals surface area contributed by atoms with Gasteiger partial charge in [0.1, 0.15) is 11.3 Å². The van der Waals surface area contributed by atoms with E-state index in [0.717, 1.165) is 10.9 Å². The zero-order valence-electron chi connectivity index (χ0n) is 11.2. The minimum atomic E-state index is -0.393. The summed E-state index contributed by atoms with van der Waals surface area (Å²) in [7, 11) is 0. The van der Waals surface area contributed by atoms with Gasteiger partial charge in [-0.25, -0.2) is 4.79 Å². The van der Waals surface area contributed by atoms with E-state index >= 15 is 0 Å². The van der Waals surface area contributed by atoms with Gasteiger partial charge in [0.25, 0.3) is 0 Å². The third-order valence-corrected chi connectivity index (χ3v) is 2.29. The number of aryl methyl sites for hydroxylation is 1. The Morgan fingerprint density at radius 1 is 1.11 bits per heavy atom. The molecule has 1 aliphatic rings. The smallest absolute Gasteiger partial charge is 0.336 e. The van der Waals surface area contributed by atoms with E-state index in [1.165, 1.54) is 31.4 Å². The van der Waals surface area contributed by atoms with Crippen molar-refractivity contribution in [1.29, 1.82) is 0 Å². The summed E-state index contributed by atoms with van der Waals surface area (Å²) in [4.78, 5) is 11.0. The molecule has 0 aliphatic heterocycles. The highest BCUT2D eigenvalue weighted by atomic mass is 16.4. The Bertz CT molecular complexity index is 550. The first-order chi connectivity index (χ1) is 8.66. The summed E-state index contributed by atoms with van der Waals surface area (Å²) >= 11 is 0. The van der Waals surface area contributed by atoms with Gasteiger partial charge in [-0.15, -0.1) is 0 Å². The van der Waals surface area contributed by atoms with E-state index in [0.29, 0.717) is 5.58 Å². The van der Waals surface area contributed by atoms with Gasteiger partial charge < -0.3 is 9.52 Å². The van der Waals surface area contributed by atoms with Crippen molar-refractivity contribution in [2.24, 2.45) is 0 Å². The van der Waals surface area contributed by atoms with E-state index in [2.05, 4.69) is 0 Å². The van der Waals surface area contributed by atoms with E-state index < -0.39 is 5.63 Å². The van der Waals surface area contributed by atoms with Crippen LogP contribution in [-0.2, 0) is 0 Å². The van der Waals surface area contributed by atoms with Crippen molar-refractivity contribution >= 4 is 11.0 Å². The van der Waals surface area contributed by atoms with Gasteiger partial charge in [-0.3, -0.25) is 0 Å². The lowest BCUT2D eigenvalue weighted by Crippen LogP contribution is -1.97. The summed E-state index contributed by atoms with van der Waals surface area (Å²) in [5, 5.41) is 9.99. The second-order valence-electron chi connectivity index (χ2n) is 3.99. The van der Waals surface area contributed by atoms with Gasteiger partial charge in [-0.05, 0) is 24.6 Å². The number of aromatic hydroxyl groups is 1. The van der Waals surface area contributed by atoms with Crippen molar-refractivity contribution in [3.05, 3.63) is 40.2 Å². The molecule has 1 N–H and O–H groups in total. The molecule has 1 aromatic carbocycles. The summed E-state index contributed by atoms with van der Waals surface area (Å²) in [5.74, 6) is 0.0984. The largest absolute Gasteiger partial charge is 0.508 e. The normalized spacial score (nSPS) is 11.9. The molecule has 0 amide bonds. The first kappa shape index (κ1) is 14.3. The van der Waals surface area contributed by atoms with Crippen molar-refractivity contribution in [2.75, 3.05) is 0 Å². The van der Waals surface area contributed by atoms with Crippen LogP contribution in [0, 0.1) is 6.92 Å². The number of hydrogen-bond donors (Lipinski definition) is 1. The molecule has 98 valence electrons. The zero-order chi connectivity index (χ0) is 13.5. The number of hydrogen-bond acceptors (Lipinski definition) is 3. The second-order valence-corrected chi connectivity index (χ2v) is 3.99. The number of rotatable bonds is 0. The third-order valence-electron chi connectivity index (χ3n) is 2.29. The molecule has 1 fully saturated rings. The molecular weight excluding hydrogens is 228 g/mol. The molecule has 1 aromatic heterocycles. The second kappa shape index (κ2) is 6.84. The molecular formula is C15H20O3. The van der Waals surface area contributed by atoms with Crippen molar-refractivity contribution in [2.45, 2.75) is 40.0 Å². The minimum absolute atomic E-state index is 0.0984. The van der Waals surface area contributed by atoms with E-state index in [4.69, 9.17) is 9.52 Å². The van der Waals surface area contributed by atoms with Gasteiger partial charge in [0.2, 0.25) is 0 Å². The minimum Gasteiger partial charge on any atom is -0.508 e. The summed E-state index contributed by atoms with van der Waals surface area (Å²) in [6.45, 7) is 5.83. The topological polar surface area (TPSA) is 50.4 Å². The number of phenolic OH excluding ortho intramolecular Hbond substituents is 1. The number of benzene rings is 1. The first-order valence-electron chi connectivity index (χ1n) is 6.40. The Hall–Kier alpha value is -1.77. The molecule has 0 saturated heterocycles. The van der Waals surface area contributed by atoms with Crippen LogP contribution in [0.2, 0.25) is 0 Å². The molecule has 3 rings (SSSR count). The highest BCUT2D eigenvalue weighted by Gasteiger charge is 2.01. The Kier molecular flexibility index (Phi) is 5.43. The van der Waals surface area contributed by atoms with Gasteiger partial charge >= 0.3 is 5.63 Å². The van der Waals surface area contributed by atoms with Crippen LogP contribution in [0.4, 0.5) is 0 Å². The van der Waals surface area contributed by atoms with Crippen LogP contribution >= 0.6 is 0 Å². The maximum absolute atomic E-state index is 11.0. The molecule has 0 radical (unpaired) electrons. The monoisotopic (exact) mass is 248 g/mol. The Morgan fingerprint density at radius 2 is 1.72 bits per heavy atom. The molecule has 3 heteroatoms. The fourth-order valence-corrected chi connectivity index (χ4v) is 1.31. The quantitative estimate of drug-likeness (QED) is 0.717. The molecule has 1 aliphatic carbocycles. The highest BCUT2D eigenvalue weighted by molar-refractivity contribution is 5.81. The van der Waals surface area contributed by atoms with Gasteiger partial charge in [-0.1, -0.05) is 33.1 Å². The molecule has 3 nitrogen and oxygen atoms in total. The lowest BCUT2D eigenvalue weighted by atomic mass is 10.1. The average molecular weight is 248 g/mol. The van der Waals surface area contributed by atoms with Gasteiger partial charge in [0.05, 0.1) is 0 Å². The predicted molar refractivity (Wildman–Crippen MR) is 74.1 cm³/mol. The highest BCUT2D eigenvalue weighted by Crippen LogP contribution is 2.20. The molecule has 0 bridgehead atoms. The molecule has 0 unspecified atom stereocenters. The molecule has 0 spiro atoms. The summed E-state index contributed by atoms with van der Waals surface area (Å²) in [6.07, 6.45) is 4.50. The first-order valence-corrected chi connectivity index (χ1v) is 6.40. The maximum Gasteiger partial charge on any atom is 0.336 e. The Labute approximate surface area is 107 Å². The molecule has 1 heterocycles. The van der Waals surface area contributed by atoms with Gasteiger partial charge in [0, 0.05) is 17.5 Å². The lowest BCUT2D eigenvalue weighted by molar-refractivity contribution is 0.473. The fourth-order valence-electron chi connectivity index (χ4n) is 1.31. The van der Waals surface area contributed by atoms with E-state index in [9.17, 15) is 4.79 Å². The van der Waals surface area contributed by atoms with E-state index in [1.807, 2.05) is 20.8 Å². The van der Waals surface area contributed by atoms with Crippen LogP contribution in [0.25, 0.3) is 11.0 Å². The standard InChI is InChI=1S/C10H8O3.C3H6.C2H6/c1-6-4-10(12)13-9-5-7(11)2-3-8(6)9;1-2-3-1;1-2/h2-5,11H,1H3;1-3H2;1-2H3. The molecule has 1 saturated carbocycles. The Morgan fingerprint density at radius 3 is 2.28 bits per heavy atom. The fraction of sp³-hybridized carbons (Fsp3) is 0.400. The zero-order valence-corrected chi connectivity index (χ0v) is 11.2. The van der Waals surface area contributed by atoms with Crippen LogP contribution in [-0.4, -0.2) is 5.11 Å². The Balaban J connectivity index is 0.000000276. The van der Waals surface area contributed by atoms with Crippen molar-refractivity contribution < 1.29 is 9.52 Å². The maximum atomic E-state index is 11.0. The third kappa shape index (κ3) is 4.24. The summed E-state index contributed by atoms with van der Waals surface area (Å²) < 4.78 is 4.91. The van der Waals surface area contributed by atoms with Crippen molar-refractivity contribution in [3.63, 3.8) is 0 Å². The van der Waals surface area contributed by atoms with Gasteiger partial charge in [0.15, 0.2) is 0 Å². The summed E-state index contributed by atoms with van der Waals surface area (Å²) in [6, 6.07) is 6.15.